The molecule has 0 atom stereocenters. The number of rotatable bonds is 3. The van der Waals surface area contributed by atoms with Gasteiger partial charge in [-0.05, 0) is 84.3 Å². The van der Waals surface area contributed by atoms with Crippen molar-refractivity contribution in [3.8, 4) is 44.6 Å². The van der Waals surface area contributed by atoms with Crippen molar-refractivity contribution < 1.29 is 0 Å². The molecule has 1 aliphatic carbocycles. The van der Waals surface area contributed by atoms with Crippen molar-refractivity contribution in [3.05, 3.63) is 163 Å². The lowest BCUT2D eigenvalue weighted by molar-refractivity contribution is 0.662. The number of aromatic nitrogens is 1. The second-order valence-electron chi connectivity index (χ2n) is 12.8. The van der Waals surface area contributed by atoms with Gasteiger partial charge in [0, 0.05) is 16.4 Å². The molecule has 1 nitrogen and oxygen atoms in total. The average molecular weight is 574 g/mol. The second kappa shape index (κ2) is 9.74. The van der Waals surface area contributed by atoms with Gasteiger partial charge in [0.1, 0.15) is 0 Å². The lowest BCUT2D eigenvalue weighted by Crippen LogP contribution is -2.16. The topological polar surface area (TPSA) is 12.9 Å². The molecular weight excluding hydrogens is 542 g/mol. The lowest BCUT2D eigenvalue weighted by Gasteiger charge is -2.25. The van der Waals surface area contributed by atoms with E-state index < -0.39 is 0 Å². The standard InChI is InChI=1S/C44H31N/c1-44(2)38-15-9-8-14-37(38)43-42(44)40(41-36-13-7-6-12-30(36)24-25-39(41)45-43)31-18-16-29(17-19-31)33-21-23-34-26-32(20-22-35(34)27-33)28-10-4-3-5-11-28/h3-27H,1-2H3. The van der Waals surface area contributed by atoms with Crippen LogP contribution < -0.4 is 0 Å². The minimum Gasteiger partial charge on any atom is -0.247 e. The first kappa shape index (κ1) is 25.9. The molecule has 0 saturated heterocycles. The zero-order valence-corrected chi connectivity index (χ0v) is 25.4. The maximum atomic E-state index is 5.35. The van der Waals surface area contributed by atoms with Crippen LogP contribution in [0.1, 0.15) is 25.0 Å². The van der Waals surface area contributed by atoms with E-state index in [1.807, 2.05) is 0 Å². The molecular formula is C44H31N. The van der Waals surface area contributed by atoms with Gasteiger partial charge in [0.25, 0.3) is 0 Å². The zero-order chi connectivity index (χ0) is 30.1. The van der Waals surface area contributed by atoms with Crippen LogP contribution in [0, 0.1) is 0 Å². The summed E-state index contributed by atoms with van der Waals surface area (Å²) >= 11 is 0. The van der Waals surface area contributed by atoms with Gasteiger partial charge in [-0.3, -0.25) is 0 Å². The summed E-state index contributed by atoms with van der Waals surface area (Å²) in [4.78, 5) is 5.35. The molecule has 1 aromatic heterocycles. The van der Waals surface area contributed by atoms with E-state index in [4.69, 9.17) is 4.98 Å². The molecule has 8 aromatic rings. The summed E-state index contributed by atoms with van der Waals surface area (Å²) in [6.45, 7) is 4.71. The molecule has 45 heavy (non-hydrogen) atoms. The van der Waals surface area contributed by atoms with Gasteiger partial charge in [0.05, 0.1) is 11.2 Å². The summed E-state index contributed by atoms with van der Waals surface area (Å²) in [5.41, 5.74) is 13.4. The summed E-state index contributed by atoms with van der Waals surface area (Å²) in [5, 5.41) is 6.23. The fraction of sp³-hybridized carbons (Fsp3) is 0.0682. The molecule has 212 valence electrons. The van der Waals surface area contributed by atoms with E-state index >= 15 is 0 Å². The predicted molar refractivity (Wildman–Crippen MR) is 191 cm³/mol. The van der Waals surface area contributed by atoms with Crippen LogP contribution in [0.5, 0.6) is 0 Å². The van der Waals surface area contributed by atoms with Gasteiger partial charge in [0.15, 0.2) is 0 Å². The third-order valence-corrected chi connectivity index (χ3v) is 9.81. The van der Waals surface area contributed by atoms with E-state index in [1.165, 1.54) is 77.0 Å². The molecule has 0 N–H and O–H groups in total. The highest BCUT2D eigenvalue weighted by Gasteiger charge is 2.39. The van der Waals surface area contributed by atoms with Crippen molar-refractivity contribution in [2.45, 2.75) is 19.3 Å². The molecule has 1 heteroatoms. The fourth-order valence-corrected chi connectivity index (χ4v) is 7.56. The molecule has 0 spiro atoms. The van der Waals surface area contributed by atoms with Gasteiger partial charge < -0.3 is 0 Å². The number of hydrogen-bond donors (Lipinski definition) is 0. The van der Waals surface area contributed by atoms with Crippen LogP contribution in [0.15, 0.2) is 152 Å². The van der Waals surface area contributed by atoms with Crippen LogP contribution >= 0.6 is 0 Å². The first-order valence-corrected chi connectivity index (χ1v) is 15.7. The molecule has 0 saturated carbocycles. The Morgan fingerprint density at radius 1 is 0.467 bits per heavy atom. The number of pyridine rings is 1. The van der Waals surface area contributed by atoms with Gasteiger partial charge in [-0.1, -0.05) is 147 Å². The lowest BCUT2D eigenvalue weighted by atomic mass is 9.78. The smallest absolute Gasteiger partial charge is 0.0759 e. The Kier molecular flexibility index (Phi) is 5.61. The fourth-order valence-electron chi connectivity index (χ4n) is 7.56. The molecule has 0 bridgehead atoms. The van der Waals surface area contributed by atoms with E-state index in [1.54, 1.807) is 0 Å². The van der Waals surface area contributed by atoms with E-state index in [2.05, 4.69) is 166 Å². The van der Waals surface area contributed by atoms with E-state index in [-0.39, 0.29) is 5.41 Å². The van der Waals surface area contributed by atoms with Crippen LogP contribution in [0.3, 0.4) is 0 Å². The molecule has 0 unspecified atom stereocenters. The number of benzene rings is 7. The second-order valence-corrected chi connectivity index (χ2v) is 12.8. The Morgan fingerprint density at radius 2 is 1.04 bits per heavy atom. The molecule has 9 rings (SSSR count). The van der Waals surface area contributed by atoms with Gasteiger partial charge in [-0.2, -0.15) is 0 Å². The Labute approximate surface area is 263 Å². The van der Waals surface area contributed by atoms with Crippen molar-refractivity contribution in [2.75, 3.05) is 0 Å². The van der Waals surface area contributed by atoms with Gasteiger partial charge >= 0.3 is 0 Å². The molecule has 0 fully saturated rings. The van der Waals surface area contributed by atoms with E-state index in [0.717, 1.165) is 11.2 Å². The van der Waals surface area contributed by atoms with Crippen molar-refractivity contribution >= 4 is 32.4 Å². The van der Waals surface area contributed by atoms with Crippen molar-refractivity contribution in [1.82, 2.24) is 4.98 Å². The third-order valence-electron chi connectivity index (χ3n) is 9.81. The Balaban J connectivity index is 1.21. The maximum Gasteiger partial charge on any atom is 0.0759 e. The highest BCUT2D eigenvalue weighted by Crippen LogP contribution is 2.54. The van der Waals surface area contributed by atoms with Crippen LogP contribution in [0.4, 0.5) is 0 Å². The Hall–Kier alpha value is -5.53. The SMILES string of the molecule is CC1(C)c2ccccc2-c2nc3ccc4ccccc4c3c(-c3ccc(-c4ccc5cc(-c6ccccc6)ccc5c4)cc3)c21. The summed E-state index contributed by atoms with van der Waals surface area (Å²) in [6.07, 6.45) is 0. The molecule has 0 amide bonds. The highest BCUT2D eigenvalue weighted by atomic mass is 14.7. The van der Waals surface area contributed by atoms with Crippen LogP contribution in [0.2, 0.25) is 0 Å². The molecule has 0 aliphatic heterocycles. The predicted octanol–water partition coefficient (Wildman–Crippen LogP) is 11.8. The van der Waals surface area contributed by atoms with E-state index in [9.17, 15) is 0 Å². The van der Waals surface area contributed by atoms with Crippen molar-refractivity contribution in [2.24, 2.45) is 0 Å². The Bertz CT molecular complexity index is 2430. The zero-order valence-electron chi connectivity index (χ0n) is 25.4. The summed E-state index contributed by atoms with van der Waals surface area (Å²) in [6, 6.07) is 55.3. The number of hydrogen-bond acceptors (Lipinski definition) is 1. The monoisotopic (exact) mass is 573 g/mol. The first-order chi connectivity index (χ1) is 22.1. The molecule has 1 heterocycles. The molecule has 0 radical (unpaired) electrons. The number of nitrogens with zero attached hydrogens (tertiary/aromatic N) is 1. The van der Waals surface area contributed by atoms with Crippen LogP contribution in [-0.4, -0.2) is 4.98 Å². The minimum absolute atomic E-state index is 0.172. The summed E-state index contributed by atoms with van der Waals surface area (Å²) in [7, 11) is 0. The highest BCUT2D eigenvalue weighted by molar-refractivity contribution is 6.15. The quantitative estimate of drug-likeness (QED) is 0.192. The maximum absolute atomic E-state index is 5.35. The van der Waals surface area contributed by atoms with Crippen molar-refractivity contribution in [3.63, 3.8) is 0 Å². The Morgan fingerprint density at radius 3 is 1.80 bits per heavy atom. The van der Waals surface area contributed by atoms with Crippen LogP contribution in [-0.2, 0) is 5.41 Å². The summed E-state index contributed by atoms with van der Waals surface area (Å²) < 4.78 is 0. The number of fused-ring (bicyclic) bond motifs is 7. The van der Waals surface area contributed by atoms with E-state index in [0.29, 0.717) is 0 Å². The average Bonchev–Trinajstić information content (AvgIpc) is 3.33. The molecule has 1 aliphatic rings. The van der Waals surface area contributed by atoms with Crippen molar-refractivity contribution in [1.29, 1.82) is 0 Å². The van der Waals surface area contributed by atoms with Gasteiger partial charge in [-0.15, -0.1) is 0 Å². The molecule has 7 aromatic carbocycles. The normalized spacial score (nSPS) is 13.3. The van der Waals surface area contributed by atoms with Crippen LogP contribution in [0.25, 0.3) is 77.1 Å². The summed E-state index contributed by atoms with van der Waals surface area (Å²) in [5.74, 6) is 0. The van der Waals surface area contributed by atoms with Gasteiger partial charge in [0.2, 0.25) is 0 Å². The first-order valence-electron chi connectivity index (χ1n) is 15.7. The third kappa shape index (κ3) is 3.97. The van der Waals surface area contributed by atoms with Gasteiger partial charge in [-0.25, -0.2) is 4.98 Å². The minimum atomic E-state index is -0.172. The largest absolute Gasteiger partial charge is 0.247 e.